The molecule has 1 aliphatic rings. The van der Waals surface area contributed by atoms with Gasteiger partial charge in [0.15, 0.2) is 11.6 Å². The van der Waals surface area contributed by atoms with Gasteiger partial charge >= 0.3 is 0 Å². The van der Waals surface area contributed by atoms with Crippen LogP contribution in [0.1, 0.15) is 11.3 Å². The minimum Gasteiger partial charge on any atom is -0.497 e. The Kier molecular flexibility index (Phi) is 3.09. The van der Waals surface area contributed by atoms with E-state index >= 15 is 0 Å². The van der Waals surface area contributed by atoms with Crippen molar-refractivity contribution in [3.05, 3.63) is 59.7 Å². The zero-order valence-electron chi connectivity index (χ0n) is 10.8. The molecule has 1 aromatic carbocycles. The van der Waals surface area contributed by atoms with Crippen LogP contribution < -0.4 is 10.1 Å². The smallest absolute Gasteiger partial charge is 0.275 e. The maximum absolute atomic E-state index is 11.9. The van der Waals surface area contributed by atoms with E-state index in [9.17, 15) is 4.79 Å². The number of amidine groups is 1. The number of nitrogens with zero attached hydrogens (tertiary/aromatic N) is 1. The number of furan rings is 1. The SMILES string of the molecule is COc1cccc(/C=C2/N=C(c3ccco3)NC2=O)c1. The molecule has 0 saturated heterocycles. The summed E-state index contributed by atoms with van der Waals surface area (Å²) in [6, 6.07) is 10.9. The van der Waals surface area contributed by atoms with E-state index < -0.39 is 0 Å². The predicted molar refractivity (Wildman–Crippen MR) is 74.4 cm³/mol. The third kappa shape index (κ3) is 2.33. The van der Waals surface area contributed by atoms with Crippen LogP contribution in [0.2, 0.25) is 0 Å². The number of amides is 1. The number of carbonyl (C=O) groups is 1. The molecule has 1 aromatic heterocycles. The van der Waals surface area contributed by atoms with E-state index in [2.05, 4.69) is 10.3 Å². The summed E-state index contributed by atoms with van der Waals surface area (Å²) in [5, 5.41) is 2.67. The lowest BCUT2D eigenvalue weighted by Crippen LogP contribution is -2.24. The van der Waals surface area contributed by atoms with Gasteiger partial charge in [-0.3, -0.25) is 4.79 Å². The van der Waals surface area contributed by atoms with Gasteiger partial charge < -0.3 is 14.5 Å². The highest BCUT2D eigenvalue weighted by molar-refractivity contribution is 6.18. The average molecular weight is 268 g/mol. The molecule has 100 valence electrons. The minimum atomic E-state index is -0.251. The van der Waals surface area contributed by atoms with E-state index in [1.54, 1.807) is 25.3 Å². The van der Waals surface area contributed by atoms with E-state index in [1.165, 1.54) is 6.26 Å². The van der Waals surface area contributed by atoms with Crippen molar-refractivity contribution in [1.29, 1.82) is 0 Å². The molecule has 3 rings (SSSR count). The van der Waals surface area contributed by atoms with E-state index in [4.69, 9.17) is 9.15 Å². The highest BCUT2D eigenvalue weighted by Crippen LogP contribution is 2.18. The third-order valence-corrected chi connectivity index (χ3v) is 2.85. The maximum Gasteiger partial charge on any atom is 0.275 e. The van der Waals surface area contributed by atoms with Crippen LogP contribution in [0.3, 0.4) is 0 Å². The molecule has 1 aliphatic heterocycles. The molecule has 0 radical (unpaired) electrons. The van der Waals surface area contributed by atoms with Crippen molar-refractivity contribution in [2.24, 2.45) is 4.99 Å². The van der Waals surface area contributed by atoms with Crippen molar-refractivity contribution in [2.45, 2.75) is 0 Å². The van der Waals surface area contributed by atoms with Gasteiger partial charge in [-0.15, -0.1) is 0 Å². The maximum atomic E-state index is 11.9. The minimum absolute atomic E-state index is 0.251. The molecule has 0 spiro atoms. The molecule has 5 heteroatoms. The first-order chi connectivity index (χ1) is 9.76. The Morgan fingerprint density at radius 3 is 2.95 bits per heavy atom. The Balaban J connectivity index is 1.93. The molecule has 0 atom stereocenters. The summed E-state index contributed by atoms with van der Waals surface area (Å²) in [6.45, 7) is 0. The van der Waals surface area contributed by atoms with E-state index in [-0.39, 0.29) is 5.91 Å². The lowest BCUT2D eigenvalue weighted by molar-refractivity contribution is -0.115. The summed E-state index contributed by atoms with van der Waals surface area (Å²) in [7, 11) is 1.60. The molecule has 0 bridgehead atoms. The number of nitrogens with one attached hydrogen (secondary N) is 1. The molecule has 0 saturated carbocycles. The number of ether oxygens (including phenoxy) is 1. The molecule has 1 amide bonds. The predicted octanol–water partition coefficient (Wildman–Crippen LogP) is 2.21. The summed E-state index contributed by atoms with van der Waals surface area (Å²) < 4.78 is 10.4. The molecule has 2 heterocycles. The number of hydrogen-bond acceptors (Lipinski definition) is 4. The van der Waals surface area contributed by atoms with Gasteiger partial charge in [0.05, 0.1) is 13.4 Å². The monoisotopic (exact) mass is 268 g/mol. The number of aliphatic imine (C=N–C) groups is 1. The van der Waals surface area contributed by atoms with Gasteiger partial charge in [0.25, 0.3) is 5.91 Å². The lowest BCUT2D eigenvalue weighted by Gasteiger charge is -2.00. The van der Waals surface area contributed by atoms with Crippen LogP contribution in [0.15, 0.2) is 57.8 Å². The Morgan fingerprint density at radius 2 is 2.20 bits per heavy atom. The van der Waals surface area contributed by atoms with Crippen molar-refractivity contribution >= 4 is 17.8 Å². The van der Waals surface area contributed by atoms with Crippen molar-refractivity contribution in [3.63, 3.8) is 0 Å². The van der Waals surface area contributed by atoms with Gasteiger partial charge in [-0.1, -0.05) is 12.1 Å². The largest absolute Gasteiger partial charge is 0.497 e. The normalized spacial score (nSPS) is 16.1. The Morgan fingerprint density at radius 1 is 1.30 bits per heavy atom. The fourth-order valence-electron chi connectivity index (χ4n) is 1.89. The summed E-state index contributed by atoms with van der Waals surface area (Å²) in [5.41, 5.74) is 1.18. The second kappa shape index (κ2) is 5.05. The van der Waals surface area contributed by atoms with Gasteiger partial charge in [-0.2, -0.15) is 0 Å². The lowest BCUT2D eigenvalue weighted by atomic mass is 10.2. The van der Waals surface area contributed by atoms with E-state index in [0.717, 1.165) is 11.3 Å². The van der Waals surface area contributed by atoms with E-state index in [1.807, 2.05) is 24.3 Å². The van der Waals surface area contributed by atoms with Gasteiger partial charge in [-0.05, 0) is 35.9 Å². The summed E-state index contributed by atoms with van der Waals surface area (Å²) in [6.07, 6.45) is 3.24. The third-order valence-electron chi connectivity index (χ3n) is 2.85. The van der Waals surface area contributed by atoms with E-state index in [0.29, 0.717) is 17.3 Å². The van der Waals surface area contributed by atoms with Crippen LogP contribution in [0.5, 0.6) is 5.75 Å². The summed E-state index contributed by atoms with van der Waals surface area (Å²) >= 11 is 0. The first-order valence-electron chi connectivity index (χ1n) is 6.06. The fraction of sp³-hybridized carbons (Fsp3) is 0.0667. The summed E-state index contributed by atoms with van der Waals surface area (Å²) in [4.78, 5) is 16.1. The Labute approximate surface area is 115 Å². The van der Waals surface area contributed by atoms with Crippen molar-refractivity contribution in [2.75, 3.05) is 7.11 Å². The van der Waals surface area contributed by atoms with Gasteiger partial charge in [0.2, 0.25) is 0 Å². The van der Waals surface area contributed by atoms with Crippen LogP contribution in [0.4, 0.5) is 0 Å². The Hall–Kier alpha value is -2.82. The highest BCUT2D eigenvalue weighted by Gasteiger charge is 2.22. The first-order valence-corrected chi connectivity index (χ1v) is 6.06. The van der Waals surface area contributed by atoms with Crippen LogP contribution >= 0.6 is 0 Å². The first kappa shape index (κ1) is 12.2. The molecule has 20 heavy (non-hydrogen) atoms. The van der Waals surface area contributed by atoms with Crippen molar-refractivity contribution in [1.82, 2.24) is 5.32 Å². The second-order valence-electron chi connectivity index (χ2n) is 4.20. The van der Waals surface area contributed by atoms with Crippen molar-refractivity contribution < 1.29 is 13.9 Å². The summed E-state index contributed by atoms with van der Waals surface area (Å²) in [5.74, 6) is 1.44. The molecular formula is C15H12N2O3. The molecule has 2 aromatic rings. The van der Waals surface area contributed by atoms with Crippen LogP contribution in [-0.4, -0.2) is 18.9 Å². The average Bonchev–Trinajstić information content (AvgIpc) is 3.10. The number of benzene rings is 1. The Bertz CT molecular complexity index is 700. The molecule has 1 N–H and O–H groups in total. The molecule has 0 aliphatic carbocycles. The second-order valence-corrected chi connectivity index (χ2v) is 4.20. The fourth-order valence-corrected chi connectivity index (χ4v) is 1.89. The highest BCUT2D eigenvalue weighted by atomic mass is 16.5. The zero-order valence-corrected chi connectivity index (χ0v) is 10.8. The molecule has 0 fully saturated rings. The van der Waals surface area contributed by atoms with Gasteiger partial charge in [-0.25, -0.2) is 4.99 Å². The quantitative estimate of drug-likeness (QED) is 0.868. The number of carbonyl (C=O) groups excluding carboxylic acids is 1. The van der Waals surface area contributed by atoms with Crippen LogP contribution in [0.25, 0.3) is 6.08 Å². The van der Waals surface area contributed by atoms with Gasteiger partial charge in [0, 0.05) is 0 Å². The standard InChI is InChI=1S/C15H12N2O3/c1-19-11-5-2-4-10(8-11)9-12-15(18)17-14(16-12)13-6-3-7-20-13/h2-9H,1H3,(H,16,17,18)/b12-9+. The van der Waals surface area contributed by atoms with Gasteiger partial charge in [0.1, 0.15) is 11.4 Å². The zero-order chi connectivity index (χ0) is 13.9. The van der Waals surface area contributed by atoms with Crippen LogP contribution in [-0.2, 0) is 4.79 Å². The number of hydrogen-bond donors (Lipinski definition) is 1. The molecule has 0 unspecified atom stereocenters. The molecule has 5 nitrogen and oxygen atoms in total. The van der Waals surface area contributed by atoms with Crippen LogP contribution in [0, 0.1) is 0 Å². The number of methoxy groups -OCH3 is 1. The number of rotatable bonds is 3. The topological polar surface area (TPSA) is 63.8 Å². The van der Waals surface area contributed by atoms with Crippen molar-refractivity contribution in [3.8, 4) is 5.75 Å². The molecular weight excluding hydrogens is 256 g/mol.